The second kappa shape index (κ2) is 5.65. The van der Waals surface area contributed by atoms with Gasteiger partial charge < -0.3 is 5.32 Å². The molecule has 1 saturated heterocycles. The Morgan fingerprint density at radius 1 is 1.24 bits per heavy atom. The molecule has 17 heavy (non-hydrogen) atoms. The zero-order valence-corrected chi connectivity index (χ0v) is 11.4. The number of piperazine rings is 1. The van der Waals surface area contributed by atoms with Gasteiger partial charge in [0.25, 0.3) is 10.2 Å². The first-order valence-electron chi connectivity index (χ1n) is 6.53. The van der Waals surface area contributed by atoms with Crippen LogP contribution in [0, 0.1) is 5.92 Å². The van der Waals surface area contributed by atoms with E-state index in [0.717, 1.165) is 13.1 Å². The number of hydrogen-bond acceptors (Lipinski definition) is 3. The average molecular weight is 261 g/mol. The molecule has 0 radical (unpaired) electrons. The maximum atomic E-state index is 12.3. The second-order valence-electron chi connectivity index (χ2n) is 5.09. The molecule has 0 aromatic heterocycles. The Balaban J connectivity index is 1.93. The molecule has 1 aliphatic heterocycles. The molecule has 0 bridgehead atoms. The van der Waals surface area contributed by atoms with Crippen molar-refractivity contribution in [2.24, 2.45) is 5.92 Å². The fraction of sp³-hybridized carbons (Fsp3) is 1.00. The van der Waals surface area contributed by atoms with Gasteiger partial charge in [-0.15, -0.1) is 0 Å². The normalized spacial score (nSPS) is 24.6. The minimum Gasteiger partial charge on any atom is -0.314 e. The second-order valence-corrected chi connectivity index (χ2v) is 7.12. The van der Waals surface area contributed by atoms with Gasteiger partial charge in [-0.2, -0.15) is 17.0 Å². The smallest absolute Gasteiger partial charge is 0.281 e. The number of nitrogens with zero attached hydrogens (tertiary/aromatic N) is 2. The maximum absolute atomic E-state index is 12.3. The minimum atomic E-state index is -3.22. The third kappa shape index (κ3) is 3.19. The third-order valence-electron chi connectivity index (χ3n) is 3.79. The zero-order chi connectivity index (χ0) is 12.3. The largest absolute Gasteiger partial charge is 0.314 e. The quantitative estimate of drug-likeness (QED) is 0.790. The standard InChI is InChI=1S/C11H23N3O2S/c1-13(10-11-4-2-3-5-11)17(15,16)14-8-6-12-7-9-14/h11-12H,2-10H2,1H3. The molecule has 100 valence electrons. The van der Waals surface area contributed by atoms with Gasteiger partial charge in [0.2, 0.25) is 0 Å². The van der Waals surface area contributed by atoms with E-state index in [1.807, 2.05) is 0 Å². The monoisotopic (exact) mass is 261 g/mol. The summed E-state index contributed by atoms with van der Waals surface area (Å²) in [4.78, 5) is 0. The Labute approximate surface area is 104 Å². The zero-order valence-electron chi connectivity index (χ0n) is 10.6. The Morgan fingerprint density at radius 3 is 2.41 bits per heavy atom. The van der Waals surface area contributed by atoms with Crippen molar-refractivity contribution < 1.29 is 8.42 Å². The molecule has 0 aromatic rings. The lowest BCUT2D eigenvalue weighted by Crippen LogP contribution is -2.51. The molecule has 1 N–H and O–H groups in total. The van der Waals surface area contributed by atoms with Crippen molar-refractivity contribution in [3.63, 3.8) is 0 Å². The van der Waals surface area contributed by atoms with Gasteiger partial charge >= 0.3 is 0 Å². The first-order valence-corrected chi connectivity index (χ1v) is 7.92. The van der Waals surface area contributed by atoms with Gasteiger partial charge in [0.1, 0.15) is 0 Å². The van der Waals surface area contributed by atoms with Crippen molar-refractivity contribution in [2.75, 3.05) is 39.8 Å². The number of hydrogen-bond donors (Lipinski definition) is 1. The Morgan fingerprint density at radius 2 is 1.82 bits per heavy atom. The van der Waals surface area contributed by atoms with Crippen LogP contribution in [0.25, 0.3) is 0 Å². The molecule has 1 saturated carbocycles. The Hall–Kier alpha value is -0.170. The van der Waals surface area contributed by atoms with Crippen LogP contribution >= 0.6 is 0 Å². The molecule has 0 atom stereocenters. The van der Waals surface area contributed by atoms with Crippen molar-refractivity contribution in [3.8, 4) is 0 Å². The molecule has 6 heteroatoms. The van der Waals surface area contributed by atoms with Gasteiger partial charge in [-0.05, 0) is 18.8 Å². The number of nitrogens with one attached hydrogen (secondary N) is 1. The molecule has 1 aliphatic carbocycles. The lowest BCUT2D eigenvalue weighted by atomic mass is 10.1. The summed E-state index contributed by atoms with van der Waals surface area (Å²) in [6.07, 6.45) is 4.88. The average Bonchev–Trinajstić information content (AvgIpc) is 2.83. The van der Waals surface area contributed by atoms with Crippen molar-refractivity contribution >= 4 is 10.2 Å². The molecular formula is C11H23N3O2S. The molecule has 1 heterocycles. The highest BCUT2D eigenvalue weighted by Crippen LogP contribution is 2.26. The summed E-state index contributed by atoms with van der Waals surface area (Å²) in [5, 5.41) is 3.17. The van der Waals surface area contributed by atoms with Crippen molar-refractivity contribution in [1.82, 2.24) is 13.9 Å². The maximum Gasteiger partial charge on any atom is 0.281 e. The lowest BCUT2D eigenvalue weighted by Gasteiger charge is -2.31. The van der Waals surface area contributed by atoms with Gasteiger partial charge in [-0.3, -0.25) is 0 Å². The minimum absolute atomic E-state index is 0.567. The highest BCUT2D eigenvalue weighted by atomic mass is 32.2. The molecule has 5 nitrogen and oxygen atoms in total. The highest BCUT2D eigenvalue weighted by molar-refractivity contribution is 7.86. The van der Waals surface area contributed by atoms with Crippen molar-refractivity contribution in [1.29, 1.82) is 0 Å². The molecule has 2 fully saturated rings. The van der Waals surface area contributed by atoms with Crippen LogP contribution in [-0.2, 0) is 10.2 Å². The van der Waals surface area contributed by atoms with Crippen LogP contribution in [0.5, 0.6) is 0 Å². The van der Waals surface area contributed by atoms with E-state index in [1.165, 1.54) is 25.7 Å². The van der Waals surface area contributed by atoms with Gasteiger partial charge in [-0.1, -0.05) is 12.8 Å². The van der Waals surface area contributed by atoms with Crippen LogP contribution in [0.2, 0.25) is 0 Å². The fourth-order valence-electron chi connectivity index (χ4n) is 2.72. The van der Waals surface area contributed by atoms with E-state index >= 15 is 0 Å². The van der Waals surface area contributed by atoms with Crippen molar-refractivity contribution in [3.05, 3.63) is 0 Å². The van der Waals surface area contributed by atoms with E-state index in [-0.39, 0.29) is 0 Å². The molecule has 0 aromatic carbocycles. The first-order chi connectivity index (χ1) is 8.10. The Kier molecular flexibility index (Phi) is 4.41. The van der Waals surface area contributed by atoms with E-state index in [9.17, 15) is 8.42 Å². The predicted molar refractivity (Wildman–Crippen MR) is 68.0 cm³/mol. The van der Waals surface area contributed by atoms with Gasteiger partial charge in [0.05, 0.1) is 0 Å². The molecular weight excluding hydrogens is 238 g/mol. The van der Waals surface area contributed by atoms with Crippen molar-refractivity contribution in [2.45, 2.75) is 25.7 Å². The van der Waals surface area contributed by atoms with Crippen LogP contribution in [0.4, 0.5) is 0 Å². The predicted octanol–water partition coefficient (Wildman–Crippen LogP) is 0.258. The fourth-order valence-corrected chi connectivity index (χ4v) is 4.16. The Bertz CT molecular complexity index is 333. The van der Waals surface area contributed by atoms with E-state index in [0.29, 0.717) is 25.6 Å². The van der Waals surface area contributed by atoms with Gasteiger partial charge in [0, 0.05) is 39.8 Å². The number of rotatable bonds is 4. The molecule has 2 aliphatic rings. The van der Waals surface area contributed by atoms with Gasteiger partial charge in [-0.25, -0.2) is 0 Å². The first kappa shape index (κ1) is 13.3. The lowest BCUT2D eigenvalue weighted by molar-refractivity contribution is 0.309. The van der Waals surface area contributed by atoms with Crippen LogP contribution in [0.1, 0.15) is 25.7 Å². The summed E-state index contributed by atoms with van der Waals surface area (Å²) in [6.45, 7) is 3.40. The third-order valence-corrected chi connectivity index (χ3v) is 5.74. The van der Waals surface area contributed by atoms with E-state index in [4.69, 9.17) is 0 Å². The summed E-state index contributed by atoms with van der Waals surface area (Å²) in [5.74, 6) is 0.567. The van der Waals surface area contributed by atoms with E-state index in [1.54, 1.807) is 15.7 Å². The summed E-state index contributed by atoms with van der Waals surface area (Å²) in [7, 11) is -1.50. The summed E-state index contributed by atoms with van der Waals surface area (Å²) in [6, 6.07) is 0. The molecule has 0 amide bonds. The molecule has 2 rings (SSSR count). The van der Waals surface area contributed by atoms with E-state index < -0.39 is 10.2 Å². The topological polar surface area (TPSA) is 52.7 Å². The highest BCUT2D eigenvalue weighted by Gasteiger charge is 2.30. The SMILES string of the molecule is CN(CC1CCCC1)S(=O)(=O)N1CCNCC1. The summed E-state index contributed by atoms with van der Waals surface area (Å²) >= 11 is 0. The van der Waals surface area contributed by atoms with Crippen LogP contribution in [0.15, 0.2) is 0 Å². The summed E-state index contributed by atoms with van der Waals surface area (Å²) in [5.41, 5.74) is 0. The summed E-state index contributed by atoms with van der Waals surface area (Å²) < 4.78 is 27.7. The van der Waals surface area contributed by atoms with Gasteiger partial charge in [0.15, 0.2) is 0 Å². The van der Waals surface area contributed by atoms with Crippen LogP contribution in [-0.4, -0.2) is 56.8 Å². The molecule has 0 spiro atoms. The molecule has 0 unspecified atom stereocenters. The van der Waals surface area contributed by atoms with Crippen LogP contribution in [0.3, 0.4) is 0 Å². The van der Waals surface area contributed by atoms with E-state index in [2.05, 4.69) is 5.32 Å². The van der Waals surface area contributed by atoms with Crippen LogP contribution < -0.4 is 5.32 Å².